The van der Waals surface area contributed by atoms with Crippen molar-refractivity contribution in [2.24, 2.45) is 0 Å². The van der Waals surface area contributed by atoms with Crippen molar-refractivity contribution in [1.82, 2.24) is 0 Å². The van der Waals surface area contributed by atoms with Gasteiger partial charge in [-0.25, -0.2) is 0 Å². The average Bonchev–Trinajstić information content (AvgIpc) is 3.01. The second-order valence-electron chi connectivity index (χ2n) is 9.85. The molecule has 5 rings (SSSR count). The van der Waals surface area contributed by atoms with Gasteiger partial charge in [0, 0.05) is 0 Å². The summed E-state index contributed by atoms with van der Waals surface area (Å²) in [5.41, 5.74) is 4.07. The molecule has 1 saturated heterocycles. The predicted octanol–water partition coefficient (Wildman–Crippen LogP) is 5.68. The minimum atomic E-state index is -0.989. The zero-order valence-corrected chi connectivity index (χ0v) is 22.5. The van der Waals surface area contributed by atoms with Crippen LogP contribution in [-0.2, 0) is 50.1 Å². The maximum absolute atomic E-state index is 11.5. The minimum absolute atomic E-state index is 0.178. The molecule has 0 radical (unpaired) electrons. The van der Waals surface area contributed by atoms with E-state index in [2.05, 4.69) is 0 Å². The normalized spacial score (nSPS) is 22.7. The van der Waals surface area contributed by atoms with Crippen molar-refractivity contribution in [2.75, 3.05) is 6.61 Å². The van der Waals surface area contributed by atoms with E-state index in [-0.39, 0.29) is 6.61 Å². The summed E-state index contributed by atoms with van der Waals surface area (Å²) in [6, 6.07) is 39.6. The van der Waals surface area contributed by atoms with Crippen molar-refractivity contribution >= 4 is 0 Å². The van der Waals surface area contributed by atoms with E-state index in [0.717, 1.165) is 22.3 Å². The van der Waals surface area contributed by atoms with Gasteiger partial charge in [-0.05, 0) is 22.3 Å². The van der Waals surface area contributed by atoms with Crippen molar-refractivity contribution in [3.8, 4) is 0 Å². The average molecular weight is 541 g/mol. The topological polar surface area (TPSA) is 66.4 Å². The Balaban J connectivity index is 1.34. The maximum atomic E-state index is 11.5. The molecule has 6 heteroatoms. The quantitative estimate of drug-likeness (QED) is 0.236. The molecule has 0 amide bonds. The molecular formula is C34H36O6. The van der Waals surface area contributed by atoms with Crippen LogP contribution in [0.4, 0.5) is 0 Å². The smallest absolute Gasteiger partial charge is 0.187 e. The van der Waals surface area contributed by atoms with Crippen LogP contribution in [0.15, 0.2) is 121 Å². The molecule has 0 bridgehead atoms. The summed E-state index contributed by atoms with van der Waals surface area (Å²) in [5.74, 6) is 0. The zero-order chi connectivity index (χ0) is 27.4. The van der Waals surface area contributed by atoms with Crippen LogP contribution in [0.25, 0.3) is 0 Å². The molecule has 208 valence electrons. The Labute approximate surface area is 236 Å². The van der Waals surface area contributed by atoms with Crippen LogP contribution < -0.4 is 0 Å². The van der Waals surface area contributed by atoms with Crippen molar-refractivity contribution in [1.29, 1.82) is 0 Å². The van der Waals surface area contributed by atoms with Gasteiger partial charge in [-0.2, -0.15) is 0 Å². The highest BCUT2D eigenvalue weighted by atomic mass is 16.7. The van der Waals surface area contributed by atoms with E-state index in [1.54, 1.807) is 0 Å². The number of benzene rings is 4. The summed E-state index contributed by atoms with van der Waals surface area (Å²) in [5, 5.41) is 11.5. The fourth-order valence-electron chi connectivity index (χ4n) is 4.68. The largest absolute Gasteiger partial charge is 0.387 e. The molecule has 6 nitrogen and oxygen atoms in total. The fourth-order valence-corrected chi connectivity index (χ4v) is 4.68. The fraction of sp³-hybridized carbons (Fsp3) is 0.294. The lowest BCUT2D eigenvalue weighted by atomic mass is 9.98. The number of aliphatic hydroxyl groups excluding tert-OH is 1. The van der Waals surface area contributed by atoms with Gasteiger partial charge in [0.2, 0.25) is 0 Å². The highest BCUT2D eigenvalue weighted by Crippen LogP contribution is 2.29. The van der Waals surface area contributed by atoms with Crippen LogP contribution in [0.5, 0.6) is 0 Å². The van der Waals surface area contributed by atoms with Gasteiger partial charge in [0.25, 0.3) is 0 Å². The molecular weight excluding hydrogens is 504 g/mol. The summed E-state index contributed by atoms with van der Waals surface area (Å²) < 4.78 is 31.4. The van der Waals surface area contributed by atoms with Crippen molar-refractivity contribution < 1.29 is 28.8 Å². The first kappa shape index (κ1) is 28.2. The molecule has 4 aromatic rings. The van der Waals surface area contributed by atoms with Crippen LogP contribution in [-0.4, -0.2) is 42.4 Å². The van der Waals surface area contributed by atoms with Gasteiger partial charge in [0.1, 0.15) is 24.4 Å². The second kappa shape index (κ2) is 14.9. The van der Waals surface area contributed by atoms with E-state index in [4.69, 9.17) is 23.7 Å². The maximum Gasteiger partial charge on any atom is 0.187 e. The zero-order valence-electron chi connectivity index (χ0n) is 22.5. The van der Waals surface area contributed by atoms with Crippen molar-refractivity contribution in [2.45, 2.75) is 57.1 Å². The third-order valence-electron chi connectivity index (χ3n) is 6.84. The second-order valence-corrected chi connectivity index (χ2v) is 9.85. The number of hydrogen-bond donors (Lipinski definition) is 1. The lowest BCUT2D eigenvalue weighted by Gasteiger charge is -2.44. The predicted molar refractivity (Wildman–Crippen MR) is 152 cm³/mol. The van der Waals surface area contributed by atoms with E-state index in [1.165, 1.54) is 0 Å². The van der Waals surface area contributed by atoms with Crippen LogP contribution in [0.3, 0.4) is 0 Å². The van der Waals surface area contributed by atoms with E-state index < -0.39 is 30.7 Å². The Hall–Kier alpha value is -3.36. The third kappa shape index (κ3) is 8.08. The van der Waals surface area contributed by atoms with Crippen LogP contribution in [0, 0.1) is 0 Å². The summed E-state index contributed by atoms with van der Waals surface area (Å²) >= 11 is 0. The summed E-state index contributed by atoms with van der Waals surface area (Å²) in [6.45, 7) is 1.56. The van der Waals surface area contributed by atoms with Gasteiger partial charge in [-0.15, -0.1) is 0 Å². The van der Waals surface area contributed by atoms with Gasteiger partial charge >= 0.3 is 0 Å². The SMILES string of the molecule is O[C@H]1[C@H](OCc2ccccc2)[C@@H](OCc2ccccc2)[C@H](OCc2ccccc2)O[C@@H]1COCc1ccccc1. The van der Waals surface area contributed by atoms with Crippen LogP contribution >= 0.6 is 0 Å². The molecule has 0 aromatic heterocycles. The first-order chi connectivity index (χ1) is 19.8. The van der Waals surface area contributed by atoms with Crippen molar-refractivity contribution in [3.63, 3.8) is 0 Å². The molecule has 5 atom stereocenters. The first-order valence-electron chi connectivity index (χ1n) is 13.7. The van der Waals surface area contributed by atoms with Gasteiger partial charge < -0.3 is 28.8 Å². The van der Waals surface area contributed by atoms with Gasteiger partial charge in [0.05, 0.1) is 33.0 Å². The molecule has 0 saturated carbocycles. The Morgan fingerprint density at radius 2 is 0.900 bits per heavy atom. The molecule has 0 aliphatic carbocycles. The Morgan fingerprint density at radius 1 is 0.500 bits per heavy atom. The van der Waals surface area contributed by atoms with E-state index in [9.17, 15) is 5.11 Å². The van der Waals surface area contributed by atoms with Crippen molar-refractivity contribution in [3.05, 3.63) is 144 Å². The monoisotopic (exact) mass is 540 g/mol. The molecule has 1 aliphatic heterocycles. The number of hydrogen-bond acceptors (Lipinski definition) is 6. The molecule has 1 fully saturated rings. The summed E-state index contributed by atoms with van der Waals surface area (Å²) in [4.78, 5) is 0. The Morgan fingerprint density at radius 3 is 1.38 bits per heavy atom. The van der Waals surface area contributed by atoms with E-state index in [1.807, 2.05) is 121 Å². The molecule has 4 aromatic carbocycles. The van der Waals surface area contributed by atoms with E-state index >= 15 is 0 Å². The van der Waals surface area contributed by atoms with Gasteiger partial charge in [0.15, 0.2) is 6.29 Å². The van der Waals surface area contributed by atoms with Crippen LogP contribution in [0.1, 0.15) is 22.3 Å². The summed E-state index contributed by atoms with van der Waals surface area (Å²) in [7, 11) is 0. The Kier molecular flexibility index (Phi) is 10.5. The number of rotatable bonds is 13. The number of ether oxygens (including phenoxy) is 5. The molecule has 0 unspecified atom stereocenters. The van der Waals surface area contributed by atoms with Gasteiger partial charge in [-0.3, -0.25) is 0 Å². The molecule has 1 heterocycles. The standard InChI is InChI=1S/C34H36O6/c35-31-30(25-36-21-26-13-5-1-6-14-26)40-34(39-24-29-19-11-4-12-20-29)33(38-23-28-17-9-3-10-18-28)32(31)37-22-27-15-7-2-8-16-27/h1-20,30-35H,21-25H2/t30-,31-,32+,33-,34-/m1/s1. The molecule has 40 heavy (non-hydrogen) atoms. The number of aliphatic hydroxyl groups is 1. The first-order valence-corrected chi connectivity index (χ1v) is 13.7. The minimum Gasteiger partial charge on any atom is -0.387 e. The lowest BCUT2D eigenvalue weighted by molar-refractivity contribution is -0.324. The molecule has 1 N–H and O–H groups in total. The lowest BCUT2D eigenvalue weighted by Crippen LogP contribution is -2.61. The van der Waals surface area contributed by atoms with Gasteiger partial charge in [-0.1, -0.05) is 121 Å². The highest BCUT2D eigenvalue weighted by molar-refractivity contribution is 5.16. The van der Waals surface area contributed by atoms with E-state index in [0.29, 0.717) is 26.4 Å². The molecule has 0 spiro atoms. The Bertz CT molecular complexity index is 1240. The summed E-state index contributed by atoms with van der Waals surface area (Å²) in [6.07, 6.45) is -3.81. The van der Waals surface area contributed by atoms with Crippen LogP contribution in [0.2, 0.25) is 0 Å². The molecule has 1 aliphatic rings. The third-order valence-corrected chi connectivity index (χ3v) is 6.84. The highest BCUT2D eigenvalue weighted by Gasteiger charge is 2.47.